The zero-order valence-corrected chi connectivity index (χ0v) is 11.9. The van der Waals surface area contributed by atoms with E-state index in [0.717, 1.165) is 26.1 Å². The molecule has 0 aliphatic heterocycles. The van der Waals surface area contributed by atoms with Gasteiger partial charge in [0.15, 0.2) is 0 Å². The van der Waals surface area contributed by atoms with Crippen molar-refractivity contribution in [2.75, 3.05) is 19.6 Å². The van der Waals surface area contributed by atoms with Gasteiger partial charge in [-0.15, -0.1) is 0 Å². The molecule has 0 aliphatic rings. The minimum Gasteiger partial charge on any atom is -0.315 e. The summed E-state index contributed by atoms with van der Waals surface area (Å²) in [6.45, 7) is 7.24. The van der Waals surface area contributed by atoms with Crippen molar-refractivity contribution in [2.24, 2.45) is 0 Å². The lowest BCUT2D eigenvalue weighted by Crippen LogP contribution is -2.32. The maximum Gasteiger partial charge on any atom is 0.0595 e. The molecule has 17 heavy (non-hydrogen) atoms. The number of hydrogen-bond acceptors (Lipinski definition) is 2. The molecular weight excluding hydrogens is 255 g/mol. The molecule has 0 heterocycles. The number of rotatable bonds is 7. The topological polar surface area (TPSA) is 24.1 Å². The van der Waals surface area contributed by atoms with Gasteiger partial charge < -0.3 is 10.6 Å². The number of hydrogen-bond donors (Lipinski definition) is 2. The van der Waals surface area contributed by atoms with E-state index in [1.165, 1.54) is 5.56 Å². The van der Waals surface area contributed by atoms with Crippen LogP contribution in [-0.4, -0.2) is 25.7 Å². The van der Waals surface area contributed by atoms with Crippen LogP contribution < -0.4 is 10.6 Å². The number of nitrogens with one attached hydrogen (secondary N) is 2. The van der Waals surface area contributed by atoms with Crippen molar-refractivity contribution in [3.05, 3.63) is 33.8 Å². The molecule has 0 saturated heterocycles. The maximum atomic E-state index is 5.95. The highest BCUT2D eigenvalue weighted by atomic mass is 35.5. The third kappa shape index (κ3) is 6.27. The molecule has 0 saturated carbocycles. The molecule has 0 atom stereocenters. The average Bonchev–Trinajstić information content (AvgIpc) is 2.27. The third-order valence-corrected chi connectivity index (χ3v) is 3.17. The van der Waals surface area contributed by atoms with Crippen LogP contribution in [0.25, 0.3) is 0 Å². The zero-order valence-electron chi connectivity index (χ0n) is 10.4. The maximum absolute atomic E-state index is 5.95. The van der Waals surface area contributed by atoms with Gasteiger partial charge in [0.2, 0.25) is 0 Å². The lowest BCUT2D eigenvalue weighted by molar-refractivity contribution is 0.556. The van der Waals surface area contributed by atoms with Crippen molar-refractivity contribution in [2.45, 2.75) is 26.3 Å². The highest BCUT2D eigenvalue weighted by Gasteiger charge is 1.99. The van der Waals surface area contributed by atoms with Gasteiger partial charge in [-0.3, -0.25) is 0 Å². The van der Waals surface area contributed by atoms with Crippen molar-refractivity contribution in [1.29, 1.82) is 0 Å². The van der Waals surface area contributed by atoms with E-state index in [1.54, 1.807) is 0 Å². The standard InChI is InChI=1S/C13H20Cl2N2/c1-10(2)17-8-7-16-6-5-11-3-4-12(14)13(15)9-11/h3-4,9-10,16-17H,5-8H2,1-2H3. The molecule has 96 valence electrons. The first-order valence-electron chi connectivity index (χ1n) is 5.97. The largest absolute Gasteiger partial charge is 0.315 e. The Labute approximate surface area is 114 Å². The summed E-state index contributed by atoms with van der Waals surface area (Å²) in [5.74, 6) is 0. The molecule has 0 aliphatic carbocycles. The van der Waals surface area contributed by atoms with Crippen LogP contribution in [0, 0.1) is 0 Å². The van der Waals surface area contributed by atoms with Crippen LogP contribution >= 0.6 is 23.2 Å². The number of halogens is 2. The summed E-state index contributed by atoms with van der Waals surface area (Å²) in [5.41, 5.74) is 1.21. The Hall–Kier alpha value is -0.280. The molecule has 2 nitrogen and oxygen atoms in total. The summed E-state index contributed by atoms with van der Waals surface area (Å²) in [6, 6.07) is 6.34. The van der Waals surface area contributed by atoms with Gasteiger partial charge in [0.25, 0.3) is 0 Å². The molecule has 0 radical (unpaired) electrons. The summed E-state index contributed by atoms with van der Waals surface area (Å²) in [4.78, 5) is 0. The molecule has 1 aromatic carbocycles. The molecule has 0 aromatic heterocycles. The first kappa shape index (κ1) is 14.8. The molecular formula is C13H20Cl2N2. The van der Waals surface area contributed by atoms with Crippen LogP contribution in [0.15, 0.2) is 18.2 Å². The minimum atomic E-state index is 0.548. The van der Waals surface area contributed by atoms with E-state index in [9.17, 15) is 0 Å². The second kappa shape index (κ2) is 7.93. The smallest absolute Gasteiger partial charge is 0.0595 e. The predicted octanol–water partition coefficient (Wildman–Crippen LogP) is 3.12. The van der Waals surface area contributed by atoms with E-state index >= 15 is 0 Å². The Morgan fingerprint density at radius 3 is 2.47 bits per heavy atom. The highest BCUT2D eigenvalue weighted by molar-refractivity contribution is 6.42. The van der Waals surface area contributed by atoms with Gasteiger partial charge in [0.1, 0.15) is 0 Å². The third-order valence-electron chi connectivity index (χ3n) is 2.43. The lowest BCUT2D eigenvalue weighted by atomic mass is 10.1. The van der Waals surface area contributed by atoms with E-state index < -0.39 is 0 Å². The fraction of sp³-hybridized carbons (Fsp3) is 0.538. The van der Waals surface area contributed by atoms with E-state index in [2.05, 4.69) is 24.5 Å². The summed E-state index contributed by atoms with van der Waals surface area (Å²) in [5, 5.41) is 7.99. The van der Waals surface area contributed by atoms with Gasteiger partial charge in [-0.25, -0.2) is 0 Å². The summed E-state index contributed by atoms with van der Waals surface area (Å²) in [7, 11) is 0. The number of benzene rings is 1. The monoisotopic (exact) mass is 274 g/mol. The van der Waals surface area contributed by atoms with Crippen LogP contribution in [0.2, 0.25) is 10.0 Å². The van der Waals surface area contributed by atoms with E-state index in [1.807, 2.05) is 18.2 Å². The van der Waals surface area contributed by atoms with Gasteiger partial charge >= 0.3 is 0 Å². The SMILES string of the molecule is CC(C)NCCNCCc1ccc(Cl)c(Cl)c1. The minimum absolute atomic E-state index is 0.548. The first-order valence-corrected chi connectivity index (χ1v) is 6.73. The van der Waals surface area contributed by atoms with E-state index in [-0.39, 0.29) is 0 Å². The molecule has 0 bridgehead atoms. The Bertz CT molecular complexity index is 340. The Kier molecular flexibility index (Phi) is 6.90. The van der Waals surface area contributed by atoms with Crippen LogP contribution in [0.3, 0.4) is 0 Å². The van der Waals surface area contributed by atoms with Gasteiger partial charge in [0, 0.05) is 19.1 Å². The summed E-state index contributed by atoms with van der Waals surface area (Å²) in [6.07, 6.45) is 0.971. The molecule has 1 rings (SSSR count). The molecule has 0 amide bonds. The lowest BCUT2D eigenvalue weighted by Gasteiger charge is -2.09. The molecule has 0 unspecified atom stereocenters. The normalized spacial score (nSPS) is 11.1. The van der Waals surface area contributed by atoms with Gasteiger partial charge in [-0.1, -0.05) is 43.1 Å². The predicted molar refractivity (Wildman–Crippen MR) is 76.2 cm³/mol. The molecule has 1 aromatic rings. The molecule has 4 heteroatoms. The van der Waals surface area contributed by atoms with Gasteiger partial charge in [0.05, 0.1) is 10.0 Å². The quantitative estimate of drug-likeness (QED) is 0.747. The van der Waals surface area contributed by atoms with Crippen molar-refractivity contribution in [3.63, 3.8) is 0 Å². The van der Waals surface area contributed by atoms with Crippen LogP contribution in [0.4, 0.5) is 0 Å². The molecule has 2 N–H and O–H groups in total. The van der Waals surface area contributed by atoms with Crippen molar-refractivity contribution < 1.29 is 0 Å². The summed E-state index contributed by atoms with van der Waals surface area (Å²) >= 11 is 11.8. The van der Waals surface area contributed by atoms with Crippen molar-refractivity contribution >= 4 is 23.2 Å². The van der Waals surface area contributed by atoms with Crippen LogP contribution in [-0.2, 0) is 6.42 Å². The second-order valence-corrected chi connectivity index (χ2v) is 5.17. The fourth-order valence-corrected chi connectivity index (χ4v) is 1.82. The Morgan fingerprint density at radius 1 is 1.06 bits per heavy atom. The summed E-state index contributed by atoms with van der Waals surface area (Å²) < 4.78 is 0. The van der Waals surface area contributed by atoms with E-state index in [0.29, 0.717) is 16.1 Å². The molecule has 0 fully saturated rings. The Morgan fingerprint density at radius 2 is 1.82 bits per heavy atom. The highest BCUT2D eigenvalue weighted by Crippen LogP contribution is 2.22. The van der Waals surface area contributed by atoms with E-state index in [4.69, 9.17) is 23.2 Å². The molecule has 0 spiro atoms. The van der Waals surface area contributed by atoms with Gasteiger partial charge in [-0.2, -0.15) is 0 Å². The Balaban J connectivity index is 2.16. The zero-order chi connectivity index (χ0) is 12.7. The second-order valence-electron chi connectivity index (χ2n) is 4.36. The van der Waals surface area contributed by atoms with Crippen LogP contribution in [0.1, 0.15) is 19.4 Å². The first-order chi connectivity index (χ1) is 8.09. The van der Waals surface area contributed by atoms with Crippen molar-refractivity contribution in [3.8, 4) is 0 Å². The average molecular weight is 275 g/mol. The van der Waals surface area contributed by atoms with Gasteiger partial charge in [-0.05, 0) is 30.7 Å². The van der Waals surface area contributed by atoms with Crippen LogP contribution in [0.5, 0.6) is 0 Å². The fourth-order valence-electron chi connectivity index (χ4n) is 1.50. The van der Waals surface area contributed by atoms with Crippen molar-refractivity contribution in [1.82, 2.24) is 10.6 Å².